The second kappa shape index (κ2) is 5.85. The number of sulfone groups is 1. The second-order valence-electron chi connectivity index (χ2n) is 4.60. The van der Waals surface area contributed by atoms with Crippen molar-refractivity contribution in [2.75, 3.05) is 18.8 Å². The molecule has 0 heterocycles. The monoisotopic (exact) mass is 233 g/mol. The Labute approximate surface area is 93.6 Å². The Morgan fingerprint density at radius 3 is 2.47 bits per heavy atom. The van der Waals surface area contributed by atoms with Gasteiger partial charge >= 0.3 is 0 Å². The van der Waals surface area contributed by atoms with Crippen molar-refractivity contribution in [3.63, 3.8) is 0 Å². The number of hydrogen-bond donors (Lipinski definition) is 1. The van der Waals surface area contributed by atoms with Crippen LogP contribution >= 0.6 is 0 Å². The molecule has 3 nitrogen and oxygen atoms in total. The molecule has 1 aliphatic rings. The molecule has 0 radical (unpaired) electrons. The lowest BCUT2D eigenvalue weighted by molar-refractivity contribution is 0.543. The van der Waals surface area contributed by atoms with Crippen LogP contribution in [0, 0.1) is 5.92 Å². The minimum atomic E-state index is -2.88. The van der Waals surface area contributed by atoms with Crippen molar-refractivity contribution >= 4 is 9.84 Å². The van der Waals surface area contributed by atoms with Crippen LogP contribution in [0.2, 0.25) is 0 Å². The first kappa shape index (κ1) is 13.0. The highest BCUT2D eigenvalue weighted by Gasteiger charge is 2.26. The van der Waals surface area contributed by atoms with Crippen LogP contribution in [0.4, 0.5) is 0 Å². The topological polar surface area (TPSA) is 46.2 Å². The molecule has 0 saturated heterocycles. The molecule has 0 spiro atoms. The van der Waals surface area contributed by atoms with Crippen LogP contribution in [0.3, 0.4) is 0 Å². The van der Waals surface area contributed by atoms with Gasteiger partial charge in [-0.15, -0.1) is 0 Å². The van der Waals surface area contributed by atoms with Gasteiger partial charge in [-0.05, 0) is 32.2 Å². The van der Waals surface area contributed by atoms with E-state index in [2.05, 4.69) is 5.32 Å². The molecule has 1 saturated carbocycles. The second-order valence-corrected chi connectivity index (χ2v) is 7.06. The summed E-state index contributed by atoms with van der Waals surface area (Å²) in [7, 11) is -2.88. The van der Waals surface area contributed by atoms with Gasteiger partial charge in [-0.1, -0.05) is 19.8 Å². The lowest BCUT2D eigenvalue weighted by Gasteiger charge is -2.16. The zero-order chi connectivity index (χ0) is 11.3. The maximum atomic E-state index is 12.0. The number of hydrogen-bond acceptors (Lipinski definition) is 3. The summed E-state index contributed by atoms with van der Waals surface area (Å²) >= 11 is 0. The summed E-state index contributed by atoms with van der Waals surface area (Å²) in [5.74, 6) is 0.832. The largest absolute Gasteiger partial charge is 0.316 e. The van der Waals surface area contributed by atoms with Gasteiger partial charge in [0.05, 0.1) is 11.0 Å². The molecule has 0 aromatic heterocycles. The average molecular weight is 233 g/mol. The minimum Gasteiger partial charge on any atom is -0.316 e. The average Bonchev–Trinajstić information content (AvgIpc) is 2.65. The molecule has 0 bridgehead atoms. The maximum absolute atomic E-state index is 12.0. The maximum Gasteiger partial charge on any atom is 0.154 e. The molecule has 0 aromatic carbocycles. The summed E-state index contributed by atoms with van der Waals surface area (Å²) in [6.45, 7) is 5.23. The van der Waals surface area contributed by atoms with Crippen LogP contribution in [0.1, 0.15) is 39.5 Å². The van der Waals surface area contributed by atoms with Crippen molar-refractivity contribution in [1.82, 2.24) is 5.32 Å². The molecule has 1 unspecified atom stereocenters. The Balaban J connectivity index is 2.42. The van der Waals surface area contributed by atoms with Crippen molar-refractivity contribution < 1.29 is 8.42 Å². The van der Waals surface area contributed by atoms with E-state index < -0.39 is 9.84 Å². The van der Waals surface area contributed by atoms with Crippen LogP contribution in [-0.4, -0.2) is 32.5 Å². The fourth-order valence-corrected chi connectivity index (χ4v) is 3.84. The van der Waals surface area contributed by atoms with Crippen LogP contribution in [-0.2, 0) is 9.84 Å². The van der Waals surface area contributed by atoms with E-state index in [1.54, 1.807) is 0 Å². The molecule has 1 aliphatic carbocycles. The third-order valence-corrected chi connectivity index (χ3v) is 5.57. The molecular weight excluding hydrogens is 210 g/mol. The Morgan fingerprint density at radius 2 is 1.93 bits per heavy atom. The van der Waals surface area contributed by atoms with E-state index in [-0.39, 0.29) is 5.25 Å². The first-order chi connectivity index (χ1) is 7.06. The van der Waals surface area contributed by atoms with Gasteiger partial charge < -0.3 is 5.32 Å². The van der Waals surface area contributed by atoms with Crippen molar-refractivity contribution in [2.24, 2.45) is 5.92 Å². The quantitative estimate of drug-likeness (QED) is 0.758. The lowest BCUT2D eigenvalue weighted by atomic mass is 10.1. The highest BCUT2D eigenvalue weighted by Crippen LogP contribution is 2.26. The molecule has 0 amide bonds. The van der Waals surface area contributed by atoms with E-state index in [0.717, 1.165) is 19.4 Å². The molecule has 1 atom stereocenters. The number of nitrogens with one attached hydrogen (secondary N) is 1. The first-order valence-corrected chi connectivity index (χ1v) is 7.70. The van der Waals surface area contributed by atoms with E-state index in [4.69, 9.17) is 0 Å². The SMILES string of the molecule is CCNCC(C)S(=O)(=O)CC1CCCC1. The van der Waals surface area contributed by atoms with Gasteiger partial charge in [0, 0.05) is 6.54 Å². The summed E-state index contributed by atoms with van der Waals surface area (Å²) < 4.78 is 23.9. The normalized spacial score (nSPS) is 20.7. The van der Waals surface area contributed by atoms with E-state index in [1.807, 2.05) is 13.8 Å². The Bertz CT molecular complexity index is 268. The minimum absolute atomic E-state index is 0.238. The van der Waals surface area contributed by atoms with Crippen molar-refractivity contribution in [3.8, 4) is 0 Å². The molecule has 4 heteroatoms. The summed E-state index contributed by atoms with van der Waals surface area (Å²) in [6, 6.07) is 0. The van der Waals surface area contributed by atoms with E-state index in [1.165, 1.54) is 12.8 Å². The first-order valence-electron chi connectivity index (χ1n) is 5.98. The molecule has 1 N–H and O–H groups in total. The molecule has 15 heavy (non-hydrogen) atoms. The fourth-order valence-electron chi connectivity index (χ4n) is 2.14. The van der Waals surface area contributed by atoms with Crippen LogP contribution in [0.25, 0.3) is 0 Å². The molecule has 0 aromatic rings. The van der Waals surface area contributed by atoms with E-state index in [0.29, 0.717) is 18.2 Å². The smallest absolute Gasteiger partial charge is 0.154 e. The van der Waals surface area contributed by atoms with Gasteiger partial charge in [0.15, 0.2) is 9.84 Å². The zero-order valence-electron chi connectivity index (χ0n) is 9.83. The van der Waals surface area contributed by atoms with Crippen molar-refractivity contribution in [3.05, 3.63) is 0 Å². The third-order valence-electron chi connectivity index (χ3n) is 3.24. The third kappa shape index (κ3) is 4.11. The van der Waals surface area contributed by atoms with Crippen LogP contribution in [0.5, 0.6) is 0 Å². The summed E-state index contributed by atoms with van der Waals surface area (Å²) in [5.41, 5.74) is 0. The van der Waals surface area contributed by atoms with Gasteiger partial charge in [-0.25, -0.2) is 8.42 Å². The number of rotatable bonds is 6. The zero-order valence-corrected chi connectivity index (χ0v) is 10.6. The van der Waals surface area contributed by atoms with Crippen LogP contribution < -0.4 is 5.32 Å². The molecular formula is C11H23NO2S. The van der Waals surface area contributed by atoms with Gasteiger partial charge in [0.1, 0.15) is 0 Å². The van der Waals surface area contributed by atoms with E-state index in [9.17, 15) is 8.42 Å². The molecule has 90 valence electrons. The highest BCUT2D eigenvalue weighted by atomic mass is 32.2. The Morgan fingerprint density at radius 1 is 1.33 bits per heavy atom. The Kier molecular flexibility index (Phi) is 5.06. The predicted molar refractivity (Wildman–Crippen MR) is 63.8 cm³/mol. The molecule has 1 rings (SSSR count). The standard InChI is InChI=1S/C11H23NO2S/c1-3-12-8-10(2)15(13,14)9-11-6-4-5-7-11/h10-12H,3-9H2,1-2H3. The van der Waals surface area contributed by atoms with Crippen molar-refractivity contribution in [2.45, 2.75) is 44.8 Å². The summed E-state index contributed by atoms with van der Waals surface area (Å²) in [5, 5.41) is 2.86. The van der Waals surface area contributed by atoms with Crippen molar-refractivity contribution in [1.29, 1.82) is 0 Å². The van der Waals surface area contributed by atoms with Gasteiger partial charge in [-0.3, -0.25) is 0 Å². The highest BCUT2D eigenvalue weighted by molar-refractivity contribution is 7.92. The molecule has 0 aliphatic heterocycles. The summed E-state index contributed by atoms with van der Waals surface area (Å²) in [6.07, 6.45) is 4.63. The predicted octanol–water partition coefficient (Wildman–Crippen LogP) is 1.59. The lowest BCUT2D eigenvalue weighted by Crippen LogP contribution is -2.34. The Hall–Kier alpha value is -0.0900. The fraction of sp³-hybridized carbons (Fsp3) is 1.00. The van der Waals surface area contributed by atoms with Crippen LogP contribution in [0.15, 0.2) is 0 Å². The summed E-state index contributed by atoms with van der Waals surface area (Å²) in [4.78, 5) is 0. The van der Waals surface area contributed by atoms with Gasteiger partial charge in [-0.2, -0.15) is 0 Å². The molecule has 1 fully saturated rings. The van der Waals surface area contributed by atoms with Gasteiger partial charge in [0.25, 0.3) is 0 Å². The van der Waals surface area contributed by atoms with Gasteiger partial charge in [0.2, 0.25) is 0 Å². The van der Waals surface area contributed by atoms with E-state index >= 15 is 0 Å².